The molecule has 1 saturated heterocycles. The zero-order chi connectivity index (χ0) is 17.9. The van der Waals surface area contributed by atoms with Crippen molar-refractivity contribution in [2.45, 2.75) is 31.6 Å². The molecule has 1 atom stereocenters. The van der Waals surface area contributed by atoms with E-state index in [1.165, 1.54) is 12.1 Å². The summed E-state index contributed by atoms with van der Waals surface area (Å²) < 4.78 is 39.4. The summed E-state index contributed by atoms with van der Waals surface area (Å²) in [7, 11) is 0. The van der Waals surface area contributed by atoms with Gasteiger partial charge in [-0.2, -0.15) is 18.3 Å². The van der Waals surface area contributed by atoms with Gasteiger partial charge < -0.3 is 10.6 Å². The van der Waals surface area contributed by atoms with Gasteiger partial charge in [0.1, 0.15) is 5.69 Å². The third-order valence-electron chi connectivity index (χ3n) is 4.22. The van der Waals surface area contributed by atoms with Crippen molar-refractivity contribution in [3.63, 3.8) is 0 Å². The smallest absolute Gasteiger partial charge is 0.347 e. The summed E-state index contributed by atoms with van der Waals surface area (Å²) in [4.78, 5) is 12.2. The summed E-state index contributed by atoms with van der Waals surface area (Å²) in [5.74, 6) is -0.345. The maximum atomic E-state index is 12.5. The van der Waals surface area contributed by atoms with E-state index in [-0.39, 0.29) is 30.9 Å². The predicted molar refractivity (Wildman–Crippen MR) is 93.2 cm³/mol. The van der Waals surface area contributed by atoms with E-state index in [0.717, 1.165) is 38.1 Å². The second-order valence-corrected chi connectivity index (χ2v) is 6.06. The first-order chi connectivity index (χ1) is 11.9. The molecule has 1 aliphatic rings. The maximum absolute atomic E-state index is 12.5. The standard InChI is InChI=1S/C17H19F3N4O.ClH/c18-17(19,20)13-5-3-12(4-6-13)10-22-16(25)15-7-9-24(23-15)14-2-1-8-21-11-14;/h3-7,9,14,21H,1-2,8,10-11H2,(H,22,25);1H. The number of benzene rings is 1. The van der Waals surface area contributed by atoms with Gasteiger partial charge in [0.2, 0.25) is 0 Å². The van der Waals surface area contributed by atoms with Gasteiger partial charge in [0.05, 0.1) is 11.6 Å². The van der Waals surface area contributed by atoms with Crippen LogP contribution < -0.4 is 10.6 Å². The summed E-state index contributed by atoms with van der Waals surface area (Å²) in [5.41, 5.74) is 0.192. The van der Waals surface area contributed by atoms with Crippen molar-refractivity contribution >= 4 is 18.3 Å². The summed E-state index contributed by atoms with van der Waals surface area (Å²) >= 11 is 0. The lowest BCUT2D eigenvalue weighted by Gasteiger charge is -2.22. The van der Waals surface area contributed by atoms with Crippen LogP contribution in [0.25, 0.3) is 0 Å². The zero-order valence-corrected chi connectivity index (χ0v) is 14.7. The Bertz CT molecular complexity index is 724. The molecule has 26 heavy (non-hydrogen) atoms. The average Bonchev–Trinajstić information content (AvgIpc) is 3.10. The molecule has 1 amide bonds. The lowest BCUT2D eigenvalue weighted by atomic mass is 10.1. The molecular weight excluding hydrogens is 369 g/mol. The van der Waals surface area contributed by atoms with Crippen molar-refractivity contribution in [3.8, 4) is 0 Å². The molecule has 5 nitrogen and oxygen atoms in total. The van der Waals surface area contributed by atoms with Crippen LogP contribution >= 0.6 is 12.4 Å². The van der Waals surface area contributed by atoms with Crippen LogP contribution in [0, 0.1) is 0 Å². The van der Waals surface area contributed by atoms with Gasteiger partial charge in [-0.1, -0.05) is 12.1 Å². The summed E-state index contributed by atoms with van der Waals surface area (Å²) in [6, 6.07) is 6.62. The van der Waals surface area contributed by atoms with Crippen LogP contribution in [0.4, 0.5) is 13.2 Å². The van der Waals surface area contributed by atoms with E-state index in [0.29, 0.717) is 11.3 Å². The molecule has 1 aromatic heterocycles. The number of carbonyl (C=O) groups excluding carboxylic acids is 1. The number of aromatic nitrogens is 2. The van der Waals surface area contributed by atoms with E-state index < -0.39 is 11.7 Å². The Morgan fingerprint density at radius 1 is 1.27 bits per heavy atom. The van der Waals surface area contributed by atoms with E-state index in [4.69, 9.17) is 0 Å². The van der Waals surface area contributed by atoms with Crippen molar-refractivity contribution in [3.05, 3.63) is 53.3 Å². The number of nitrogens with zero attached hydrogens (tertiary/aromatic N) is 2. The highest BCUT2D eigenvalue weighted by Gasteiger charge is 2.29. The minimum atomic E-state index is -4.36. The lowest BCUT2D eigenvalue weighted by molar-refractivity contribution is -0.137. The first-order valence-corrected chi connectivity index (χ1v) is 8.14. The van der Waals surface area contributed by atoms with Crippen LogP contribution in [0.5, 0.6) is 0 Å². The fraction of sp³-hybridized carbons (Fsp3) is 0.412. The minimum absolute atomic E-state index is 0. The fourth-order valence-corrected chi connectivity index (χ4v) is 2.81. The molecule has 3 rings (SSSR count). The van der Waals surface area contributed by atoms with Crippen LogP contribution in [0.15, 0.2) is 36.5 Å². The molecule has 0 bridgehead atoms. The monoisotopic (exact) mass is 388 g/mol. The van der Waals surface area contributed by atoms with E-state index in [1.54, 1.807) is 16.9 Å². The van der Waals surface area contributed by atoms with Gasteiger partial charge in [-0.25, -0.2) is 0 Å². The van der Waals surface area contributed by atoms with Gasteiger partial charge in [-0.05, 0) is 43.1 Å². The van der Waals surface area contributed by atoms with Crippen LogP contribution in [0.3, 0.4) is 0 Å². The second-order valence-electron chi connectivity index (χ2n) is 6.06. The van der Waals surface area contributed by atoms with Gasteiger partial charge in [-0.15, -0.1) is 12.4 Å². The third-order valence-corrected chi connectivity index (χ3v) is 4.22. The van der Waals surface area contributed by atoms with E-state index >= 15 is 0 Å². The van der Waals surface area contributed by atoms with Gasteiger partial charge in [0.15, 0.2) is 0 Å². The largest absolute Gasteiger partial charge is 0.416 e. The summed E-state index contributed by atoms with van der Waals surface area (Å²) in [6.45, 7) is 1.97. The molecule has 2 aromatic rings. The Morgan fingerprint density at radius 3 is 2.62 bits per heavy atom. The van der Waals surface area contributed by atoms with E-state index in [9.17, 15) is 18.0 Å². The van der Waals surface area contributed by atoms with Gasteiger partial charge in [-0.3, -0.25) is 9.48 Å². The first kappa shape index (κ1) is 20.3. The zero-order valence-electron chi connectivity index (χ0n) is 13.9. The van der Waals surface area contributed by atoms with Crippen molar-refractivity contribution in [2.24, 2.45) is 0 Å². The molecule has 1 fully saturated rings. The average molecular weight is 389 g/mol. The number of nitrogens with one attached hydrogen (secondary N) is 2. The molecule has 142 valence electrons. The first-order valence-electron chi connectivity index (χ1n) is 8.14. The molecule has 1 unspecified atom stereocenters. The van der Waals surface area contributed by atoms with Gasteiger partial charge in [0, 0.05) is 19.3 Å². The van der Waals surface area contributed by atoms with Crippen LogP contribution in [0.2, 0.25) is 0 Å². The summed E-state index contributed by atoms with van der Waals surface area (Å²) in [6.07, 6.45) is -0.492. The molecule has 2 N–H and O–H groups in total. The number of hydrogen-bond acceptors (Lipinski definition) is 3. The quantitative estimate of drug-likeness (QED) is 0.845. The minimum Gasteiger partial charge on any atom is -0.347 e. The Morgan fingerprint density at radius 2 is 2.00 bits per heavy atom. The maximum Gasteiger partial charge on any atom is 0.416 e. The SMILES string of the molecule is Cl.O=C(NCc1ccc(C(F)(F)F)cc1)c1ccn(C2CCCNC2)n1. The van der Waals surface area contributed by atoms with E-state index in [1.807, 2.05) is 0 Å². The Labute approximate surface area is 155 Å². The normalized spacial score (nSPS) is 17.4. The number of rotatable bonds is 4. The number of hydrogen-bond donors (Lipinski definition) is 2. The number of piperidine rings is 1. The predicted octanol–water partition coefficient (Wildman–Crippen LogP) is 3.18. The molecule has 9 heteroatoms. The fourth-order valence-electron chi connectivity index (χ4n) is 2.81. The molecule has 0 spiro atoms. The summed E-state index contributed by atoms with van der Waals surface area (Å²) in [5, 5.41) is 10.3. The highest BCUT2D eigenvalue weighted by molar-refractivity contribution is 5.92. The number of alkyl halides is 3. The highest BCUT2D eigenvalue weighted by atomic mass is 35.5. The van der Waals surface area contributed by atoms with Gasteiger partial charge in [0.25, 0.3) is 5.91 Å². The van der Waals surface area contributed by atoms with Crippen molar-refractivity contribution in [1.29, 1.82) is 0 Å². The molecule has 0 radical (unpaired) electrons. The van der Waals surface area contributed by atoms with Crippen molar-refractivity contribution in [2.75, 3.05) is 13.1 Å². The van der Waals surface area contributed by atoms with Crippen molar-refractivity contribution < 1.29 is 18.0 Å². The number of halogens is 4. The molecule has 0 saturated carbocycles. The highest BCUT2D eigenvalue weighted by Crippen LogP contribution is 2.29. The molecule has 1 aromatic carbocycles. The molecule has 2 heterocycles. The lowest BCUT2D eigenvalue weighted by Crippen LogP contribution is -2.32. The number of amides is 1. The van der Waals surface area contributed by atoms with Gasteiger partial charge >= 0.3 is 6.18 Å². The van der Waals surface area contributed by atoms with Crippen LogP contribution in [-0.2, 0) is 12.7 Å². The third kappa shape index (κ3) is 4.98. The van der Waals surface area contributed by atoms with Crippen LogP contribution in [0.1, 0.15) is 40.5 Å². The Kier molecular flexibility index (Phi) is 6.66. The number of carbonyl (C=O) groups is 1. The topological polar surface area (TPSA) is 59.0 Å². The second kappa shape index (κ2) is 8.55. The van der Waals surface area contributed by atoms with E-state index in [2.05, 4.69) is 15.7 Å². The molecule has 1 aliphatic heterocycles. The van der Waals surface area contributed by atoms with Crippen molar-refractivity contribution in [1.82, 2.24) is 20.4 Å². The molecule has 0 aliphatic carbocycles. The van der Waals surface area contributed by atoms with Crippen LogP contribution in [-0.4, -0.2) is 28.8 Å². The molecular formula is C17H20ClF3N4O. The Hall–Kier alpha value is -2.06. The Balaban J connectivity index is 0.00000243.